The minimum Gasteiger partial charge on any atom is -0.366 e. The van der Waals surface area contributed by atoms with Crippen LogP contribution in [0.2, 0.25) is 0 Å². The minimum absolute atomic E-state index is 0.378. The van der Waals surface area contributed by atoms with Crippen LogP contribution in [0.3, 0.4) is 0 Å². The Hall–Kier alpha value is -3.07. The third kappa shape index (κ3) is 3.42. The van der Waals surface area contributed by atoms with Gasteiger partial charge in [-0.2, -0.15) is 0 Å². The maximum absolute atomic E-state index is 12.2. The Labute approximate surface area is 172 Å². The Kier molecular flexibility index (Phi) is 5.14. The van der Waals surface area contributed by atoms with Crippen LogP contribution in [0.4, 0.5) is 0 Å². The van der Waals surface area contributed by atoms with E-state index >= 15 is 0 Å². The number of carbonyl (C=O) groups is 1. The van der Waals surface area contributed by atoms with Gasteiger partial charge in [-0.1, -0.05) is 49.7 Å². The Morgan fingerprint density at radius 3 is 2.38 bits per heavy atom. The lowest BCUT2D eigenvalue weighted by Gasteiger charge is -2.14. The summed E-state index contributed by atoms with van der Waals surface area (Å²) < 4.78 is 2.35. The summed E-state index contributed by atoms with van der Waals surface area (Å²) in [5.74, 6) is -0.378. The molecular formula is C26H28N2O. The van der Waals surface area contributed by atoms with Gasteiger partial charge in [0.05, 0.1) is 5.52 Å². The summed E-state index contributed by atoms with van der Waals surface area (Å²) in [6.45, 7) is 7.32. The first kappa shape index (κ1) is 19.3. The van der Waals surface area contributed by atoms with E-state index in [0.717, 1.165) is 29.3 Å². The summed E-state index contributed by atoms with van der Waals surface area (Å²) in [7, 11) is 0. The second-order valence-corrected chi connectivity index (χ2v) is 7.98. The van der Waals surface area contributed by atoms with Crippen molar-refractivity contribution in [1.29, 1.82) is 0 Å². The molecule has 3 nitrogen and oxygen atoms in total. The standard InChI is InChI=1S/C26H28N2O/c1-4-5-10-19-13-14-20-24(15-19)28(16-22-17(2)8-6-9-18(22)3)23-12-7-11-21(25(20)23)26(27)29/h6-9,11-15H,4-5,10,16H2,1-3H3,(H2,27,29). The van der Waals surface area contributed by atoms with Gasteiger partial charge in [-0.25, -0.2) is 0 Å². The van der Waals surface area contributed by atoms with Crippen molar-refractivity contribution >= 4 is 27.7 Å². The van der Waals surface area contributed by atoms with E-state index in [4.69, 9.17) is 5.73 Å². The zero-order chi connectivity index (χ0) is 20.5. The van der Waals surface area contributed by atoms with Gasteiger partial charge in [-0.3, -0.25) is 4.79 Å². The predicted molar refractivity (Wildman–Crippen MR) is 122 cm³/mol. The second-order valence-electron chi connectivity index (χ2n) is 7.98. The van der Waals surface area contributed by atoms with Gasteiger partial charge in [0.1, 0.15) is 0 Å². The number of primary amides is 1. The summed E-state index contributed by atoms with van der Waals surface area (Å²) in [6, 6.07) is 18.9. The fourth-order valence-electron chi connectivity index (χ4n) is 4.36. The molecule has 3 heteroatoms. The number of unbranched alkanes of at least 4 members (excludes halogenated alkanes) is 1. The number of aryl methyl sites for hydroxylation is 3. The monoisotopic (exact) mass is 384 g/mol. The van der Waals surface area contributed by atoms with Crippen molar-refractivity contribution < 1.29 is 4.79 Å². The van der Waals surface area contributed by atoms with Crippen LogP contribution < -0.4 is 5.73 Å². The fraction of sp³-hybridized carbons (Fsp3) is 0.269. The first-order valence-electron chi connectivity index (χ1n) is 10.4. The number of carbonyl (C=O) groups excluding carboxylic acids is 1. The number of hydrogen-bond acceptors (Lipinski definition) is 1. The molecule has 0 bridgehead atoms. The smallest absolute Gasteiger partial charge is 0.249 e. The Morgan fingerprint density at radius 2 is 1.69 bits per heavy atom. The normalized spacial score (nSPS) is 11.4. The van der Waals surface area contributed by atoms with Gasteiger partial charge in [-0.05, 0) is 67.1 Å². The van der Waals surface area contributed by atoms with Crippen LogP contribution in [0.1, 0.15) is 52.4 Å². The Balaban J connectivity index is 2.01. The summed E-state index contributed by atoms with van der Waals surface area (Å²) in [5, 5.41) is 2.06. The van der Waals surface area contributed by atoms with Crippen molar-refractivity contribution in [2.24, 2.45) is 5.73 Å². The van der Waals surface area contributed by atoms with E-state index < -0.39 is 0 Å². The maximum atomic E-state index is 12.2. The van der Waals surface area contributed by atoms with Gasteiger partial charge in [0, 0.05) is 28.4 Å². The summed E-state index contributed by atoms with van der Waals surface area (Å²) in [4.78, 5) is 12.2. The molecule has 0 aliphatic heterocycles. The highest BCUT2D eigenvalue weighted by molar-refractivity contribution is 6.18. The number of benzene rings is 3. The minimum atomic E-state index is -0.378. The molecule has 0 atom stereocenters. The number of aromatic nitrogens is 1. The van der Waals surface area contributed by atoms with Crippen LogP contribution in [0.25, 0.3) is 21.8 Å². The van der Waals surface area contributed by atoms with Crippen molar-refractivity contribution in [3.05, 3.63) is 82.4 Å². The molecule has 1 aromatic heterocycles. The lowest BCUT2D eigenvalue weighted by Crippen LogP contribution is -2.11. The lowest BCUT2D eigenvalue weighted by atomic mass is 10.0. The molecule has 0 spiro atoms. The molecule has 1 heterocycles. The highest BCUT2D eigenvalue weighted by Crippen LogP contribution is 2.34. The van der Waals surface area contributed by atoms with Crippen LogP contribution in [0.5, 0.6) is 0 Å². The van der Waals surface area contributed by atoms with Crippen LogP contribution in [-0.2, 0) is 13.0 Å². The molecule has 1 amide bonds. The number of nitrogens with zero attached hydrogens (tertiary/aromatic N) is 1. The molecule has 0 fully saturated rings. The first-order valence-corrected chi connectivity index (χ1v) is 10.4. The van der Waals surface area contributed by atoms with Crippen LogP contribution >= 0.6 is 0 Å². The first-order chi connectivity index (χ1) is 14.0. The Morgan fingerprint density at radius 1 is 0.966 bits per heavy atom. The number of fused-ring (bicyclic) bond motifs is 3. The zero-order valence-corrected chi connectivity index (χ0v) is 17.5. The van der Waals surface area contributed by atoms with Crippen LogP contribution in [0.15, 0.2) is 54.6 Å². The van der Waals surface area contributed by atoms with Crippen LogP contribution in [-0.4, -0.2) is 10.5 Å². The molecule has 0 radical (unpaired) electrons. The van der Waals surface area contributed by atoms with Crippen molar-refractivity contribution in [3.63, 3.8) is 0 Å². The lowest BCUT2D eigenvalue weighted by molar-refractivity contribution is 0.100. The molecule has 3 aromatic carbocycles. The number of nitrogens with two attached hydrogens (primary N) is 1. The Bertz CT molecular complexity index is 1200. The van der Waals surface area contributed by atoms with E-state index in [1.165, 1.54) is 40.6 Å². The molecule has 4 aromatic rings. The number of amides is 1. The molecule has 4 rings (SSSR count). The molecule has 29 heavy (non-hydrogen) atoms. The number of hydrogen-bond donors (Lipinski definition) is 1. The molecular weight excluding hydrogens is 356 g/mol. The van der Waals surface area contributed by atoms with Crippen LogP contribution in [0, 0.1) is 13.8 Å². The molecule has 0 aliphatic rings. The second kappa shape index (κ2) is 7.75. The van der Waals surface area contributed by atoms with Crippen molar-refractivity contribution in [1.82, 2.24) is 4.57 Å². The summed E-state index contributed by atoms with van der Waals surface area (Å²) in [6.07, 6.45) is 3.42. The van der Waals surface area contributed by atoms with Crippen molar-refractivity contribution in [2.75, 3.05) is 0 Å². The van der Waals surface area contributed by atoms with E-state index in [2.05, 4.69) is 67.8 Å². The topological polar surface area (TPSA) is 48.0 Å². The maximum Gasteiger partial charge on any atom is 0.249 e. The van der Waals surface area contributed by atoms with E-state index in [0.29, 0.717) is 5.56 Å². The zero-order valence-electron chi connectivity index (χ0n) is 17.5. The molecule has 2 N–H and O–H groups in total. The average Bonchev–Trinajstić information content (AvgIpc) is 3.02. The van der Waals surface area contributed by atoms with E-state index in [-0.39, 0.29) is 5.91 Å². The quantitative estimate of drug-likeness (QED) is 0.442. The van der Waals surface area contributed by atoms with Gasteiger partial charge < -0.3 is 10.3 Å². The molecule has 0 aliphatic carbocycles. The van der Waals surface area contributed by atoms with Crippen molar-refractivity contribution in [3.8, 4) is 0 Å². The third-order valence-corrected chi connectivity index (χ3v) is 6.00. The molecule has 148 valence electrons. The van der Waals surface area contributed by atoms with Gasteiger partial charge in [0.2, 0.25) is 5.91 Å². The van der Waals surface area contributed by atoms with E-state index in [9.17, 15) is 4.79 Å². The SMILES string of the molecule is CCCCc1ccc2c3c(C(N)=O)cccc3n(Cc3c(C)cccc3C)c2c1. The predicted octanol–water partition coefficient (Wildman–Crippen LogP) is 5.90. The highest BCUT2D eigenvalue weighted by atomic mass is 16.1. The van der Waals surface area contributed by atoms with Gasteiger partial charge >= 0.3 is 0 Å². The molecule has 0 saturated heterocycles. The number of rotatable bonds is 6. The van der Waals surface area contributed by atoms with Gasteiger partial charge in [0.25, 0.3) is 0 Å². The van der Waals surface area contributed by atoms with Gasteiger partial charge in [0.15, 0.2) is 0 Å². The largest absolute Gasteiger partial charge is 0.366 e. The molecule has 0 saturated carbocycles. The molecule has 0 unspecified atom stereocenters. The fourth-order valence-corrected chi connectivity index (χ4v) is 4.36. The highest BCUT2D eigenvalue weighted by Gasteiger charge is 2.17. The van der Waals surface area contributed by atoms with E-state index in [1.807, 2.05) is 12.1 Å². The summed E-state index contributed by atoms with van der Waals surface area (Å²) in [5.41, 5.74) is 13.8. The van der Waals surface area contributed by atoms with E-state index in [1.54, 1.807) is 0 Å². The van der Waals surface area contributed by atoms with Crippen molar-refractivity contribution in [2.45, 2.75) is 46.6 Å². The van der Waals surface area contributed by atoms with Gasteiger partial charge in [-0.15, -0.1) is 0 Å². The summed E-state index contributed by atoms with van der Waals surface area (Å²) >= 11 is 0. The average molecular weight is 385 g/mol. The third-order valence-electron chi connectivity index (χ3n) is 6.00.